The number of nitrogens with two attached hydrogens (primary N) is 1. The van der Waals surface area contributed by atoms with E-state index in [1.807, 2.05) is 25.1 Å². The van der Waals surface area contributed by atoms with Crippen molar-refractivity contribution in [2.45, 2.75) is 19.3 Å². The minimum Gasteiger partial charge on any atom is -0.330 e. The van der Waals surface area contributed by atoms with Crippen LogP contribution in [0.2, 0.25) is 0 Å². The van der Waals surface area contributed by atoms with E-state index < -0.39 is 0 Å². The normalized spacial score (nSPS) is 12.4. The van der Waals surface area contributed by atoms with Crippen LogP contribution in [0.3, 0.4) is 0 Å². The van der Waals surface area contributed by atoms with Crippen LogP contribution in [0.25, 0.3) is 0 Å². The summed E-state index contributed by atoms with van der Waals surface area (Å²) in [6.45, 7) is 2.56. The first kappa shape index (κ1) is 14.2. The van der Waals surface area contributed by atoms with Gasteiger partial charge in [0, 0.05) is 10.4 Å². The summed E-state index contributed by atoms with van der Waals surface area (Å²) in [5.41, 5.74) is 9.20. The predicted octanol–water partition coefficient (Wildman–Crippen LogP) is 4.18. The second kappa shape index (κ2) is 6.31. The predicted molar refractivity (Wildman–Crippen MR) is 80.8 cm³/mol. The molecular formula is C16H17BrFN. The smallest absolute Gasteiger partial charge is 0.123 e. The van der Waals surface area contributed by atoms with Crippen molar-refractivity contribution in [3.63, 3.8) is 0 Å². The molecule has 0 saturated carbocycles. The summed E-state index contributed by atoms with van der Waals surface area (Å²) < 4.78 is 14.4. The second-order valence-corrected chi connectivity index (χ2v) is 5.67. The summed E-state index contributed by atoms with van der Waals surface area (Å²) in [5, 5.41) is 0. The van der Waals surface area contributed by atoms with Crippen molar-refractivity contribution in [3.8, 4) is 0 Å². The molecule has 0 heterocycles. The minimum absolute atomic E-state index is 0.188. The molecule has 0 radical (unpaired) electrons. The highest BCUT2D eigenvalue weighted by molar-refractivity contribution is 9.10. The molecule has 1 unspecified atom stereocenters. The van der Waals surface area contributed by atoms with E-state index in [4.69, 9.17) is 5.73 Å². The van der Waals surface area contributed by atoms with E-state index in [9.17, 15) is 4.39 Å². The van der Waals surface area contributed by atoms with Crippen LogP contribution in [0.5, 0.6) is 0 Å². The Morgan fingerprint density at radius 2 is 1.84 bits per heavy atom. The van der Waals surface area contributed by atoms with E-state index in [2.05, 4.69) is 28.1 Å². The van der Waals surface area contributed by atoms with E-state index in [-0.39, 0.29) is 11.7 Å². The summed E-state index contributed by atoms with van der Waals surface area (Å²) in [4.78, 5) is 0. The van der Waals surface area contributed by atoms with Crippen molar-refractivity contribution in [1.29, 1.82) is 0 Å². The van der Waals surface area contributed by atoms with Gasteiger partial charge in [0.05, 0.1) is 0 Å². The Bertz CT molecular complexity index is 551. The van der Waals surface area contributed by atoms with Crippen LogP contribution in [-0.2, 0) is 6.42 Å². The van der Waals surface area contributed by atoms with Crippen molar-refractivity contribution in [2.24, 2.45) is 5.73 Å². The Labute approximate surface area is 121 Å². The largest absolute Gasteiger partial charge is 0.330 e. The Hall–Kier alpha value is -1.19. The van der Waals surface area contributed by atoms with Crippen molar-refractivity contribution in [1.82, 2.24) is 0 Å². The summed E-state index contributed by atoms with van der Waals surface area (Å²) >= 11 is 3.42. The van der Waals surface area contributed by atoms with Gasteiger partial charge >= 0.3 is 0 Å². The van der Waals surface area contributed by atoms with Crippen molar-refractivity contribution < 1.29 is 4.39 Å². The Balaban J connectivity index is 2.23. The van der Waals surface area contributed by atoms with Gasteiger partial charge in [0.2, 0.25) is 0 Å². The van der Waals surface area contributed by atoms with Gasteiger partial charge in [-0.1, -0.05) is 34.1 Å². The van der Waals surface area contributed by atoms with Crippen LogP contribution in [-0.4, -0.2) is 6.54 Å². The molecule has 0 amide bonds. The molecule has 1 nitrogen and oxygen atoms in total. The zero-order chi connectivity index (χ0) is 13.8. The van der Waals surface area contributed by atoms with Gasteiger partial charge < -0.3 is 5.73 Å². The summed E-state index contributed by atoms with van der Waals surface area (Å²) in [6, 6.07) is 13.1. The lowest BCUT2D eigenvalue weighted by atomic mass is 9.90. The number of hydrogen-bond acceptors (Lipinski definition) is 1. The molecule has 2 aromatic carbocycles. The fourth-order valence-corrected chi connectivity index (χ4v) is 2.46. The van der Waals surface area contributed by atoms with Crippen LogP contribution in [0.4, 0.5) is 4.39 Å². The maximum Gasteiger partial charge on any atom is 0.123 e. The van der Waals surface area contributed by atoms with E-state index in [1.165, 1.54) is 11.6 Å². The molecular weight excluding hydrogens is 305 g/mol. The molecule has 0 spiro atoms. The van der Waals surface area contributed by atoms with Gasteiger partial charge in [0.1, 0.15) is 5.82 Å². The second-order valence-electron chi connectivity index (χ2n) is 4.76. The van der Waals surface area contributed by atoms with E-state index in [1.54, 1.807) is 6.07 Å². The maximum atomic E-state index is 13.3. The fourth-order valence-electron chi connectivity index (χ4n) is 2.20. The van der Waals surface area contributed by atoms with Gasteiger partial charge in [-0.2, -0.15) is 0 Å². The van der Waals surface area contributed by atoms with Gasteiger partial charge in [0.25, 0.3) is 0 Å². The van der Waals surface area contributed by atoms with Gasteiger partial charge in [0.15, 0.2) is 0 Å². The molecule has 3 heteroatoms. The molecule has 0 fully saturated rings. The molecule has 0 aromatic heterocycles. The van der Waals surface area contributed by atoms with Gasteiger partial charge in [-0.25, -0.2) is 4.39 Å². The number of halogens is 2. The topological polar surface area (TPSA) is 26.0 Å². The van der Waals surface area contributed by atoms with Gasteiger partial charge in [-0.15, -0.1) is 0 Å². The van der Waals surface area contributed by atoms with Crippen LogP contribution < -0.4 is 5.73 Å². The van der Waals surface area contributed by atoms with E-state index >= 15 is 0 Å². The molecule has 2 aromatic rings. The Morgan fingerprint density at radius 3 is 2.47 bits per heavy atom. The molecule has 2 rings (SSSR count). The third-order valence-corrected chi connectivity index (χ3v) is 3.93. The van der Waals surface area contributed by atoms with Gasteiger partial charge in [-0.05, 0) is 60.8 Å². The quantitative estimate of drug-likeness (QED) is 0.898. The molecule has 0 aliphatic carbocycles. The summed E-state index contributed by atoms with van der Waals surface area (Å²) in [7, 11) is 0. The lowest BCUT2D eigenvalue weighted by Crippen LogP contribution is -2.15. The SMILES string of the molecule is Cc1ccc(F)cc1CC(CN)c1ccc(Br)cc1. The molecule has 0 saturated heterocycles. The van der Waals surface area contributed by atoms with Crippen molar-refractivity contribution in [2.75, 3.05) is 6.54 Å². The maximum absolute atomic E-state index is 13.3. The zero-order valence-electron chi connectivity index (χ0n) is 10.9. The van der Waals surface area contributed by atoms with E-state index in [0.29, 0.717) is 6.54 Å². The van der Waals surface area contributed by atoms with E-state index in [0.717, 1.165) is 22.0 Å². The summed E-state index contributed by atoms with van der Waals surface area (Å²) in [6.07, 6.45) is 0.766. The van der Waals surface area contributed by atoms with Crippen molar-refractivity contribution in [3.05, 3.63) is 69.4 Å². The minimum atomic E-state index is -0.188. The number of aryl methyl sites for hydroxylation is 1. The molecule has 2 N–H and O–H groups in total. The average molecular weight is 322 g/mol. The number of rotatable bonds is 4. The average Bonchev–Trinajstić information content (AvgIpc) is 2.41. The van der Waals surface area contributed by atoms with Crippen LogP contribution in [0.15, 0.2) is 46.9 Å². The third kappa shape index (κ3) is 3.64. The zero-order valence-corrected chi connectivity index (χ0v) is 12.5. The lowest BCUT2D eigenvalue weighted by molar-refractivity contribution is 0.619. The standard InChI is InChI=1S/C16H17BrFN/c1-11-2-7-16(18)9-13(11)8-14(10-19)12-3-5-15(17)6-4-12/h2-7,9,14H,8,10,19H2,1H3. The molecule has 100 valence electrons. The Morgan fingerprint density at radius 1 is 1.16 bits per heavy atom. The Kier molecular flexibility index (Phi) is 4.72. The molecule has 0 aliphatic heterocycles. The third-order valence-electron chi connectivity index (χ3n) is 3.40. The molecule has 0 bridgehead atoms. The molecule has 19 heavy (non-hydrogen) atoms. The summed E-state index contributed by atoms with van der Waals surface area (Å²) in [5.74, 6) is 0.0285. The van der Waals surface area contributed by atoms with Crippen LogP contribution in [0.1, 0.15) is 22.6 Å². The molecule has 1 atom stereocenters. The van der Waals surface area contributed by atoms with Crippen LogP contribution in [0, 0.1) is 12.7 Å². The lowest BCUT2D eigenvalue weighted by Gasteiger charge is -2.17. The first-order chi connectivity index (χ1) is 9.10. The fraction of sp³-hybridized carbons (Fsp3) is 0.250. The number of benzene rings is 2. The monoisotopic (exact) mass is 321 g/mol. The van der Waals surface area contributed by atoms with Gasteiger partial charge in [-0.3, -0.25) is 0 Å². The highest BCUT2D eigenvalue weighted by Gasteiger charge is 2.12. The van der Waals surface area contributed by atoms with Crippen molar-refractivity contribution >= 4 is 15.9 Å². The number of hydrogen-bond donors (Lipinski definition) is 1. The first-order valence-corrected chi connectivity index (χ1v) is 7.10. The molecule has 0 aliphatic rings. The first-order valence-electron chi connectivity index (χ1n) is 6.30. The van der Waals surface area contributed by atoms with Crippen LogP contribution >= 0.6 is 15.9 Å². The highest BCUT2D eigenvalue weighted by Crippen LogP contribution is 2.24. The highest BCUT2D eigenvalue weighted by atomic mass is 79.9.